The van der Waals surface area contributed by atoms with E-state index in [0.717, 1.165) is 22.5 Å². The molecular weight excluding hydrogens is 765 g/mol. The largest absolute Gasteiger partial charge is 0.309 e. The second-order valence-electron chi connectivity index (χ2n) is 16.6. The highest BCUT2D eigenvalue weighted by Crippen LogP contribution is 2.42. The minimum Gasteiger partial charge on any atom is -0.309 e. The summed E-state index contributed by atoms with van der Waals surface area (Å²) in [4.78, 5) is 5.20. The Morgan fingerprint density at radius 3 is 1.44 bits per heavy atom. The number of para-hydroxylation sites is 2. The van der Waals surface area contributed by atoms with Crippen LogP contribution in [0.2, 0.25) is 0 Å². The van der Waals surface area contributed by atoms with Crippen LogP contribution in [0.5, 0.6) is 0 Å². The van der Waals surface area contributed by atoms with Crippen molar-refractivity contribution in [3.8, 4) is 72.7 Å². The first-order chi connectivity index (χ1) is 30.8. The molecule has 13 rings (SSSR count). The SMILES string of the molecule is c1ccc(-c2cc(-c3ccc4c(c3)-c3ccccc3[Si]43c4ccccc4-c4cc(-c5cccc6c5c5ccccc5n6-c5ccccc5)ccc43)cc(-c3ccccc3)n2)cc1. The maximum Gasteiger partial charge on any atom is 0.182 e. The van der Waals surface area contributed by atoms with E-state index in [1.807, 2.05) is 0 Å². The van der Waals surface area contributed by atoms with Crippen molar-refractivity contribution in [2.24, 2.45) is 0 Å². The third kappa shape index (κ3) is 5.00. The summed E-state index contributed by atoms with van der Waals surface area (Å²) in [6.07, 6.45) is 0. The number of rotatable bonds is 5. The van der Waals surface area contributed by atoms with Gasteiger partial charge in [0.25, 0.3) is 0 Å². The van der Waals surface area contributed by atoms with Gasteiger partial charge in [-0.05, 0) is 114 Å². The zero-order valence-corrected chi connectivity index (χ0v) is 34.8. The number of pyridine rings is 1. The normalized spacial score (nSPS) is 14.5. The first-order valence-corrected chi connectivity index (χ1v) is 23.5. The highest BCUT2D eigenvalue weighted by Gasteiger charge is 2.54. The number of benzene rings is 9. The molecule has 11 aromatic rings. The summed E-state index contributed by atoms with van der Waals surface area (Å²) in [6.45, 7) is 0. The lowest BCUT2D eigenvalue weighted by atomic mass is 9.96. The molecule has 0 saturated carbocycles. The molecule has 0 fully saturated rings. The zero-order chi connectivity index (χ0) is 40.8. The van der Waals surface area contributed by atoms with Crippen LogP contribution in [0.4, 0.5) is 0 Å². The maximum atomic E-state index is 5.20. The fraction of sp³-hybridized carbons (Fsp3) is 0. The van der Waals surface area contributed by atoms with Crippen LogP contribution in [0.25, 0.3) is 94.5 Å². The Kier molecular flexibility index (Phi) is 7.66. The quantitative estimate of drug-likeness (QED) is 0.159. The standard InChI is InChI=1S/C59H38N2Si/c1-4-17-39(18-5-1)51-37-43(38-52(60-51)40-19-6-2-7-20-40)41-31-33-57-49(35-41)46-23-11-14-29-55(46)62(57)56-30-15-12-24-47(56)50-36-42(32-34-58(50)62)45-26-16-28-54-59(45)48-25-10-13-27-53(48)61(54)44-21-8-3-9-22-44/h1-38H. The van der Waals surface area contributed by atoms with E-state index in [2.05, 4.69) is 235 Å². The summed E-state index contributed by atoms with van der Waals surface area (Å²) in [7, 11) is -2.68. The van der Waals surface area contributed by atoms with Crippen molar-refractivity contribution >= 4 is 50.6 Å². The van der Waals surface area contributed by atoms with Crippen LogP contribution in [-0.2, 0) is 0 Å². The average molecular weight is 803 g/mol. The van der Waals surface area contributed by atoms with E-state index in [-0.39, 0.29) is 0 Å². The predicted octanol–water partition coefficient (Wildman–Crippen LogP) is 12.2. The number of nitrogens with zero attached hydrogens (tertiary/aromatic N) is 2. The molecular formula is C59H38N2Si. The molecule has 9 aromatic carbocycles. The number of aromatic nitrogens is 2. The van der Waals surface area contributed by atoms with Crippen LogP contribution in [-0.4, -0.2) is 17.6 Å². The van der Waals surface area contributed by atoms with Crippen LogP contribution >= 0.6 is 0 Å². The molecule has 4 heterocycles. The lowest BCUT2D eigenvalue weighted by molar-refractivity contribution is 1.18. The Hall–Kier alpha value is -7.85. The third-order valence-electron chi connectivity index (χ3n) is 13.4. The van der Waals surface area contributed by atoms with E-state index in [0.29, 0.717) is 0 Å². The van der Waals surface area contributed by atoms with E-state index in [1.54, 1.807) is 0 Å². The van der Waals surface area contributed by atoms with Crippen LogP contribution in [0.15, 0.2) is 231 Å². The highest BCUT2D eigenvalue weighted by atomic mass is 28.3. The molecule has 2 aromatic heterocycles. The van der Waals surface area contributed by atoms with Crippen LogP contribution in [0.1, 0.15) is 0 Å². The van der Waals surface area contributed by atoms with Crippen LogP contribution < -0.4 is 20.7 Å². The lowest BCUT2D eigenvalue weighted by Gasteiger charge is -2.28. The summed E-state index contributed by atoms with van der Waals surface area (Å²) in [6, 6.07) is 85.3. The molecule has 2 nitrogen and oxygen atoms in total. The minimum absolute atomic E-state index is 0.975. The summed E-state index contributed by atoms with van der Waals surface area (Å²) in [5.41, 5.74) is 18.1. The van der Waals surface area contributed by atoms with Crippen molar-refractivity contribution in [1.82, 2.24) is 9.55 Å². The van der Waals surface area contributed by atoms with Crippen LogP contribution in [0, 0.1) is 0 Å². The molecule has 1 spiro atoms. The van der Waals surface area contributed by atoms with Gasteiger partial charge in [-0.2, -0.15) is 0 Å². The smallest absolute Gasteiger partial charge is 0.182 e. The summed E-state index contributed by atoms with van der Waals surface area (Å²) in [5.74, 6) is 0. The van der Waals surface area contributed by atoms with Gasteiger partial charge in [-0.1, -0.05) is 182 Å². The van der Waals surface area contributed by atoms with Gasteiger partial charge in [0, 0.05) is 27.6 Å². The first-order valence-electron chi connectivity index (χ1n) is 21.5. The van der Waals surface area contributed by atoms with Gasteiger partial charge in [0.2, 0.25) is 0 Å². The predicted molar refractivity (Wildman–Crippen MR) is 262 cm³/mol. The summed E-state index contributed by atoms with van der Waals surface area (Å²) >= 11 is 0. The molecule has 2 aliphatic rings. The van der Waals surface area contributed by atoms with Crippen molar-refractivity contribution in [3.05, 3.63) is 231 Å². The van der Waals surface area contributed by atoms with Gasteiger partial charge in [-0.15, -0.1) is 0 Å². The fourth-order valence-electron chi connectivity index (χ4n) is 10.8. The molecule has 288 valence electrons. The topological polar surface area (TPSA) is 17.8 Å². The molecule has 0 amide bonds. The molecule has 0 N–H and O–H groups in total. The molecule has 0 aliphatic carbocycles. The zero-order valence-electron chi connectivity index (χ0n) is 33.8. The Morgan fingerprint density at radius 1 is 0.306 bits per heavy atom. The Morgan fingerprint density at radius 2 is 0.790 bits per heavy atom. The van der Waals surface area contributed by atoms with E-state index >= 15 is 0 Å². The third-order valence-corrected chi connectivity index (χ3v) is 18.4. The van der Waals surface area contributed by atoms with Gasteiger partial charge in [-0.3, -0.25) is 0 Å². The Labute approximate surface area is 361 Å². The molecule has 1 unspecified atom stereocenters. The molecule has 0 bridgehead atoms. The minimum atomic E-state index is -2.68. The second kappa shape index (κ2) is 13.6. The number of hydrogen-bond acceptors (Lipinski definition) is 1. The summed E-state index contributed by atoms with van der Waals surface area (Å²) < 4.78 is 2.41. The first kappa shape index (κ1) is 35.0. The van der Waals surface area contributed by atoms with Gasteiger partial charge in [0.15, 0.2) is 8.07 Å². The van der Waals surface area contributed by atoms with Crippen LogP contribution in [0.3, 0.4) is 0 Å². The van der Waals surface area contributed by atoms with Crippen molar-refractivity contribution in [2.45, 2.75) is 0 Å². The van der Waals surface area contributed by atoms with Crippen molar-refractivity contribution in [2.75, 3.05) is 0 Å². The second-order valence-corrected chi connectivity index (χ2v) is 20.3. The number of fused-ring (bicyclic) bond motifs is 13. The molecule has 3 heteroatoms. The van der Waals surface area contributed by atoms with E-state index < -0.39 is 8.07 Å². The summed E-state index contributed by atoms with van der Waals surface area (Å²) in [5, 5.41) is 8.45. The molecule has 62 heavy (non-hydrogen) atoms. The number of hydrogen-bond donors (Lipinski definition) is 0. The molecule has 2 aliphatic heterocycles. The van der Waals surface area contributed by atoms with Crippen molar-refractivity contribution in [1.29, 1.82) is 0 Å². The van der Waals surface area contributed by atoms with Gasteiger partial charge >= 0.3 is 0 Å². The monoisotopic (exact) mass is 802 g/mol. The highest BCUT2D eigenvalue weighted by molar-refractivity contribution is 7.24. The molecule has 1 atom stereocenters. The maximum absolute atomic E-state index is 5.20. The van der Waals surface area contributed by atoms with Gasteiger partial charge < -0.3 is 4.57 Å². The fourth-order valence-corrected chi connectivity index (χ4v) is 16.4. The van der Waals surface area contributed by atoms with Crippen molar-refractivity contribution in [3.63, 3.8) is 0 Å². The van der Waals surface area contributed by atoms with E-state index in [9.17, 15) is 0 Å². The van der Waals surface area contributed by atoms with Crippen molar-refractivity contribution < 1.29 is 0 Å². The van der Waals surface area contributed by atoms with E-state index in [4.69, 9.17) is 4.98 Å². The Bertz CT molecular complexity index is 3510. The Balaban J connectivity index is 1.01. The average Bonchev–Trinajstić information content (AvgIpc) is 3.96. The lowest BCUT2D eigenvalue weighted by Crippen LogP contribution is -2.70. The van der Waals surface area contributed by atoms with Gasteiger partial charge in [-0.25, -0.2) is 4.98 Å². The van der Waals surface area contributed by atoms with Gasteiger partial charge in [0.05, 0.1) is 22.4 Å². The van der Waals surface area contributed by atoms with Gasteiger partial charge in [0.1, 0.15) is 0 Å². The molecule has 0 saturated heterocycles. The molecule has 0 radical (unpaired) electrons. The van der Waals surface area contributed by atoms with E-state index in [1.165, 1.54) is 92.7 Å².